The Bertz CT molecular complexity index is 1320. The Hall–Kier alpha value is -3.03. The molecule has 4 N–H and O–H groups in total. The van der Waals surface area contributed by atoms with E-state index in [2.05, 4.69) is 21.3 Å². The summed E-state index contributed by atoms with van der Waals surface area (Å²) in [5.41, 5.74) is -0.876. The molecule has 4 fully saturated rings. The van der Waals surface area contributed by atoms with Crippen molar-refractivity contribution >= 4 is 46.4 Å². The van der Waals surface area contributed by atoms with E-state index < -0.39 is 64.2 Å². The molecule has 0 aromatic carbocycles. The van der Waals surface area contributed by atoms with E-state index >= 15 is 0 Å². The monoisotopic (exact) mass is 734 g/mol. The van der Waals surface area contributed by atoms with Crippen molar-refractivity contribution in [2.75, 3.05) is 18.8 Å². The van der Waals surface area contributed by atoms with Crippen LogP contribution in [0.5, 0.6) is 0 Å². The highest BCUT2D eigenvalue weighted by Gasteiger charge is 2.45. The van der Waals surface area contributed by atoms with Gasteiger partial charge >= 0.3 is 6.03 Å². The molecule has 6 amide bonds. The molecule has 4 rings (SSSR count). The first-order chi connectivity index (χ1) is 23.9. The summed E-state index contributed by atoms with van der Waals surface area (Å²) in [6.45, 7) is 14.1. The van der Waals surface area contributed by atoms with Gasteiger partial charge in [-0.3, -0.25) is 28.3 Å². The molecule has 0 spiro atoms. The molecular formula is C37H62N6O7S. The standard InChI is InChI=1S/C37H62N6O7S/c1-23(2)24-18-28-32(46)39-26(31(45)33(47)38-25-16-17-25)14-12-10-8-9-11-13-15-27(34(48)42(28)20-24)40-35(49)41-29(36(3,4)5)21-43-30(44)19-37(6,7)22-51(43)50/h23-29H,8-22H2,1-7H3,(H,38,47)(H,39,46)(H2,40,41,49)/t24-,26?,27+,28+,29-,51?/m1/s1. The first kappa shape index (κ1) is 40.7. The number of fused-ring (bicyclic) bond motifs is 1. The number of rotatable bonds is 8. The van der Waals surface area contributed by atoms with Crippen LogP contribution in [0.2, 0.25) is 0 Å². The van der Waals surface area contributed by atoms with Crippen molar-refractivity contribution in [1.29, 1.82) is 0 Å². The quantitative estimate of drug-likeness (QED) is 0.277. The maximum Gasteiger partial charge on any atom is 0.315 e. The second-order valence-electron chi connectivity index (χ2n) is 17.5. The molecule has 4 aliphatic rings. The zero-order valence-electron chi connectivity index (χ0n) is 31.8. The number of hydrogen-bond acceptors (Lipinski definition) is 7. The second-order valence-corrected chi connectivity index (χ2v) is 18.8. The fourth-order valence-corrected chi connectivity index (χ4v) is 8.74. The highest BCUT2D eigenvalue weighted by atomic mass is 32.2. The van der Waals surface area contributed by atoms with Crippen LogP contribution in [-0.2, 0) is 35.0 Å². The van der Waals surface area contributed by atoms with Gasteiger partial charge in [0, 0.05) is 24.8 Å². The minimum Gasteiger partial charge on any atom is -0.347 e. The van der Waals surface area contributed by atoms with Crippen molar-refractivity contribution < 1.29 is 33.0 Å². The molecule has 0 bridgehead atoms. The van der Waals surface area contributed by atoms with E-state index in [4.69, 9.17) is 0 Å². The minimum atomic E-state index is -1.53. The van der Waals surface area contributed by atoms with Crippen LogP contribution in [0.15, 0.2) is 0 Å². The van der Waals surface area contributed by atoms with Gasteiger partial charge in [-0.1, -0.05) is 87.0 Å². The van der Waals surface area contributed by atoms with Crippen LogP contribution in [-0.4, -0.2) is 97.9 Å². The topological polar surface area (TPSA) is 174 Å². The first-order valence-electron chi connectivity index (χ1n) is 19.1. The normalized spacial score (nSPS) is 28.9. The SMILES string of the molecule is CC(C)[C@@H]1C[C@H]2C(=O)NC(C(=O)C(=O)NC3CC3)CCCCCCCC[C@H](NC(=O)N[C@H](CN3C(=O)CC(C)(C)CS3=O)C(C)(C)C)C(=O)N2C1. The third-order valence-electron chi connectivity index (χ3n) is 10.8. The number of carbonyl (C=O) groups excluding carboxylic acids is 6. The zero-order valence-corrected chi connectivity index (χ0v) is 32.6. The van der Waals surface area contributed by atoms with Gasteiger partial charge < -0.3 is 26.2 Å². The lowest BCUT2D eigenvalue weighted by Gasteiger charge is -2.40. The van der Waals surface area contributed by atoms with Gasteiger partial charge in [0.1, 0.15) is 23.1 Å². The zero-order chi connectivity index (χ0) is 37.7. The second kappa shape index (κ2) is 17.2. The summed E-state index contributed by atoms with van der Waals surface area (Å²) in [4.78, 5) is 82.6. The summed E-state index contributed by atoms with van der Waals surface area (Å²) in [7, 11) is -1.53. The van der Waals surface area contributed by atoms with E-state index in [-0.39, 0.29) is 48.1 Å². The summed E-state index contributed by atoms with van der Waals surface area (Å²) in [6, 6.07) is -3.86. The van der Waals surface area contributed by atoms with Gasteiger partial charge in [0.15, 0.2) is 0 Å². The molecule has 3 saturated heterocycles. The largest absolute Gasteiger partial charge is 0.347 e. The van der Waals surface area contributed by atoms with Gasteiger partial charge in [0.05, 0.1) is 18.6 Å². The molecule has 0 aromatic rings. The summed E-state index contributed by atoms with van der Waals surface area (Å²) < 4.78 is 14.4. The van der Waals surface area contributed by atoms with Gasteiger partial charge in [0.25, 0.3) is 5.91 Å². The van der Waals surface area contributed by atoms with Crippen LogP contribution in [0, 0.1) is 22.7 Å². The number of Topliss-reactive ketones (excluding diaryl/α,β-unsaturated/α-hetero) is 1. The first-order valence-corrected chi connectivity index (χ1v) is 20.4. The lowest BCUT2D eigenvalue weighted by atomic mass is 9.86. The van der Waals surface area contributed by atoms with Crippen LogP contribution >= 0.6 is 0 Å². The maximum absolute atomic E-state index is 14.4. The summed E-state index contributed by atoms with van der Waals surface area (Å²) >= 11 is 0. The highest BCUT2D eigenvalue weighted by Crippen LogP contribution is 2.32. The Labute approximate surface area is 306 Å². The predicted octanol–water partition coefficient (Wildman–Crippen LogP) is 3.33. The molecule has 288 valence electrons. The van der Waals surface area contributed by atoms with Gasteiger partial charge in [0.2, 0.25) is 23.5 Å². The van der Waals surface area contributed by atoms with Crippen molar-refractivity contribution in [3.05, 3.63) is 0 Å². The van der Waals surface area contributed by atoms with Crippen LogP contribution in [0.25, 0.3) is 0 Å². The third kappa shape index (κ3) is 11.5. The number of carbonyl (C=O) groups is 6. The Kier molecular flexibility index (Phi) is 13.7. The average Bonchev–Trinajstić information content (AvgIpc) is 3.72. The van der Waals surface area contributed by atoms with E-state index in [0.717, 1.165) is 38.5 Å². The molecule has 0 aromatic heterocycles. The fourth-order valence-electron chi connectivity index (χ4n) is 7.20. The van der Waals surface area contributed by atoms with Gasteiger partial charge in [-0.05, 0) is 54.8 Å². The number of ketones is 1. The van der Waals surface area contributed by atoms with Crippen molar-refractivity contribution in [3.63, 3.8) is 0 Å². The van der Waals surface area contributed by atoms with Gasteiger partial charge in [-0.15, -0.1) is 0 Å². The molecule has 6 atom stereocenters. The fraction of sp³-hybridized carbons (Fsp3) is 0.838. The Morgan fingerprint density at radius 2 is 1.57 bits per heavy atom. The third-order valence-corrected chi connectivity index (χ3v) is 12.7. The number of urea groups is 1. The van der Waals surface area contributed by atoms with E-state index in [1.165, 1.54) is 4.31 Å². The molecule has 3 aliphatic heterocycles. The van der Waals surface area contributed by atoms with Crippen molar-refractivity contribution in [2.45, 2.75) is 156 Å². The summed E-state index contributed by atoms with van der Waals surface area (Å²) in [5.74, 6) is -1.81. The van der Waals surface area contributed by atoms with E-state index in [1.807, 2.05) is 48.5 Å². The molecule has 1 aliphatic carbocycles. The van der Waals surface area contributed by atoms with Gasteiger partial charge in [-0.25, -0.2) is 9.00 Å². The van der Waals surface area contributed by atoms with E-state index in [0.29, 0.717) is 44.4 Å². The average molecular weight is 735 g/mol. The van der Waals surface area contributed by atoms with Crippen LogP contribution < -0.4 is 21.3 Å². The molecule has 3 heterocycles. The molecule has 0 radical (unpaired) electrons. The highest BCUT2D eigenvalue weighted by molar-refractivity contribution is 7.83. The van der Waals surface area contributed by atoms with E-state index in [1.54, 1.807) is 4.90 Å². The molecule has 14 heteroatoms. The van der Waals surface area contributed by atoms with Crippen molar-refractivity contribution in [1.82, 2.24) is 30.5 Å². The number of amides is 6. The van der Waals surface area contributed by atoms with Crippen molar-refractivity contribution in [2.24, 2.45) is 22.7 Å². The molecular weight excluding hydrogens is 673 g/mol. The smallest absolute Gasteiger partial charge is 0.315 e. The lowest BCUT2D eigenvalue weighted by Crippen LogP contribution is -2.60. The Balaban J connectivity index is 1.53. The Morgan fingerprint density at radius 3 is 2.16 bits per heavy atom. The van der Waals surface area contributed by atoms with Crippen LogP contribution in [0.4, 0.5) is 4.79 Å². The summed E-state index contributed by atoms with van der Waals surface area (Å²) in [5, 5.41) is 11.5. The number of hydrogen-bond donors (Lipinski definition) is 4. The number of nitrogens with zero attached hydrogens (tertiary/aromatic N) is 2. The predicted molar refractivity (Wildman–Crippen MR) is 195 cm³/mol. The van der Waals surface area contributed by atoms with E-state index in [9.17, 15) is 33.0 Å². The van der Waals surface area contributed by atoms with Crippen LogP contribution in [0.1, 0.15) is 126 Å². The minimum absolute atomic E-state index is 0.0121. The molecule has 13 nitrogen and oxygen atoms in total. The van der Waals surface area contributed by atoms with Crippen molar-refractivity contribution in [3.8, 4) is 0 Å². The maximum atomic E-state index is 14.4. The van der Waals surface area contributed by atoms with Crippen LogP contribution in [0.3, 0.4) is 0 Å². The molecule has 2 unspecified atom stereocenters. The Morgan fingerprint density at radius 1 is 0.941 bits per heavy atom. The molecule has 1 saturated carbocycles. The lowest BCUT2D eigenvalue weighted by molar-refractivity contribution is -0.143. The molecule has 51 heavy (non-hydrogen) atoms. The van der Waals surface area contributed by atoms with Gasteiger partial charge in [-0.2, -0.15) is 0 Å². The summed E-state index contributed by atoms with van der Waals surface area (Å²) in [6.07, 6.45) is 7.97. The number of nitrogens with one attached hydrogen (secondary N) is 4.